The minimum Gasteiger partial charge on any atom is -0.497 e. The van der Waals surface area contributed by atoms with E-state index in [1.54, 1.807) is 7.11 Å². The molecule has 176 valence electrons. The van der Waals surface area contributed by atoms with Crippen molar-refractivity contribution in [1.82, 2.24) is 14.9 Å². The Morgan fingerprint density at radius 1 is 0.971 bits per heavy atom. The average Bonchev–Trinajstić information content (AvgIpc) is 3.67. The van der Waals surface area contributed by atoms with E-state index in [-0.39, 0.29) is 5.92 Å². The van der Waals surface area contributed by atoms with E-state index in [1.165, 1.54) is 11.1 Å². The predicted octanol–water partition coefficient (Wildman–Crippen LogP) is 4.15. The van der Waals surface area contributed by atoms with Crippen molar-refractivity contribution in [3.05, 3.63) is 82.8 Å². The Balaban J connectivity index is 1.27. The highest BCUT2D eigenvalue weighted by Gasteiger charge is 2.46. The van der Waals surface area contributed by atoms with Crippen LogP contribution >= 0.6 is 0 Å². The van der Waals surface area contributed by atoms with Crippen LogP contribution in [-0.2, 0) is 11.2 Å². The highest BCUT2D eigenvalue weighted by Crippen LogP contribution is 2.48. The zero-order valence-electron chi connectivity index (χ0n) is 20.2. The molecule has 6 heteroatoms. The van der Waals surface area contributed by atoms with Crippen LogP contribution in [0.4, 0.5) is 5.82 Å². The quantitative estimate of drug-likeness (QED) is 0.558. The van der Waals surface area contributed by atoms with E-state index in [0.717, 1.165) is 67.7 Å². The first-order chi connectivity index (χ1) is 16.5. The number of methoxy groups -OCH3 is 1. The number of amides is 1. The normalized spacial score (nSPS) is 19.7. The molecule has 1 aliphatic heterocycles. The van der Waals surface area contributed by atoms with Gasteiger partial charge in [0, 0.05) is 49.8 Å². The van der Waals surface area contributed by atoms with Gasteiger partial charge in [0.2, 0.25) is 5.91 Å². The molecular weight excluding hydrogens is 424 g/mol. The minimum absolute atomic E-state index is 0.142. The van der Waals surface area contributed by atoms with Gasteiger partial charge in [-0.05, 0) is 49.4 Å². The number of carbonyl (C=O) groups excluding carboxylic acids is 1. The zero-order valence-corrected chi connectivity index (χ0v) is 20.2. The van der Waals surface area contributed by atoms with E-state index in [0.29, 0.717) is 11.8 Å². The summed E-state index contributed by atoms with van der Waals surface area (Å²) in [6.45, 7) is 7.07. The lowest BCUT2D eigenvalue weighted by atomic mass is 10.0. The van der Waals surface area contributed by atoms with Crippen LogP contribution in [0.2, 0.25) is 0 Å². The number of carbonyl (C=O) groups is 1. The second-order valence-corrected chi connectivity index (χ2v) is 9.35. The number of hydrogen-bond donors (Lipinski definition) is 0. The maximum Gasteiger partial charge on any atom is 0.226 e. The third-order valence-electron chi connectivity index (χ3n) is 7.07. The number of benzene rings is 2. The monoisotopic (exact) mass is 456 g/mol. The van der Waals surface area contributed by atoms with Gasteiger partial charge in [-0.1, -0.05) is 42.5 Å². The van der Waals surface area contributed by atoms with E-state index >= 15 is 0 Å². The highest BCUT2D eigenvalue weighted by molar-refractivity contribution is 5.83. The number of anilines is 1. The third kappa shape index (κ3) is 4.63. The highest BCUT2D eigenvalue weighted by atomic mass is 16.5. The molecule has 3 aromatic rings. The summed E-state index contributed by atoms with van der Waals surface area (Å²) in [5.74, 6) is 3.47. The van der Waals surface area contributed by atoms with Gasteiger partial charge in [0.1, 0.15) is 17.4 Å². The van der Waals surface area contributed by atoms with Crippen molar-refractivity contribution < 1.29 is 9.53 Å². The van der Waals surface area contributed by atoms with Crippen molar-refractivity contribution in [2.45, 2.75) is 32.6 Å². The molecule has 1 unspecified atom stereocenters. The van der Waals surface area contributed by atoms with Crippen LogP contribution < -0.4 is 9.64 Å². The molecule has 0 N–H and O–H groups in total. The van der Waals surface area contributed by atoms with Gasteiger partial charge in [-0.15, -0.1) is 0 Å². The zero-order chi connectivity index (χ0) is 23.7. The maximum absolute atomic E-state index is 13.1. The van der Waals surface area contributed by atoms with Crippen molar-refractivity contribution >= 4 is 11.7 Å². The van der Waals surface area contributed by atoms with Crippen molar-refractivity contribution in [2.24, 2.45) is 5.92 Å². The smallest absolute Gasteiger partial charge is 0.226 e. The Morgan fingerprint density at radius 2 is 1.68 bits per heavy atom. The molecule has 2 aliphatic rings. The van der Waals surface area contributed by atoms with Crippen molar-refractivity contribution in [3.8, 4) is 5.75 Å². The number of ether oxygens (including phenoxy) is 1. The summed E-state index contributed by atoms with van der Waals surface area (Å²) < 4.78 is 5.29. The standard InChI is InChI=1S/C28H32N4O2/c1-19-24(17-21-9-11-23(34-3)12-10-21)27(30-20(2)29-19)31-13-15-32(16-14-31)28(33)26-18-25(26)22-7-5-4-6-8-22/h4-12,25-26H,13-18H2,1-3H3/t25-,26?/m0/s1. The van der Waals surface area contributed by atoms with Crippen molar-refractivity contribution in [1.29, 1.82) is 0 Å². The van der Waals surface area contributed by atoms with Crippen molar-refractivity contribution in [2.75, 3.05) is 38.2 Å². The van der Waals surface area contributed by atoms with Gasteiger partial charge < -0.3 is 14.5 Å². The van der Waals surface area contributed by atoms with Crippen LogP contribution in [0.5, 0.6) is 5.75 Å². The van der Waals surface area contributed by atoms with Gasteiger partial charge in [-0.2, -0.15) is 0 Å². The van der Waals surface area contributed by atoms with Gasteiger partial charge in [0.05, 0.1) is 7.11 Å². The summed E-state index contributed by atoms with van der Waals surface area (Å²) in [4.78, 5) is 27.0. The van der Waals surface area contributed by atoms with E-state index < -0.39 is 0 Å². The van der Waals surface area contributed by atoms with E-state index in [9.17, 15) is 4.79 Å². The van der Waals surface area contributed by atoms with Gasteiger partial charge in [0.25, 0.3) is 0 Å². The molecule has 2 atom stereocenters. The maximum atomic E-state index is 13.1. The Morgan fingerprint density at radius 3 is 2.35 bits per heavy atom. The molecule has 0 radical (unpaired) electrons. The second kappa shape index (κ2) is 9.45. The van der Waals surface area contributed by atoms with Gasteiger partial charge in [-0.25, -0.2) is 9.97 Å². The second-order valence-electron chi connectivity index (χ2n) is 9.35. The molecule has 0 bridgehead atoms. The largest absolute Gasteiger partial charge is 0.497 e. The first-order valence-electron chi connectivity index (χ1n) is 12.1. The van der Waals surface area contributed by atoms with Crippen LogP contribution in [0.3, 0.4) is 0 Å². The van der Waals surface area contributed by atoms with E-state index in [4.69, 9.17) is 9.72 Å². The number of aryl methyl sites for hydroxylation is 2. The van der Waals surface area contributed by atoms with Gasteiger partial charge >= 0.3 is 0 Å². The van der Waals surface area contributed by atoms with Gasteiger partial charge in [-0.3, -0.25) is 4.79 Å². The van der Waals surface area contributed by atoms with Crippen LogP contribution in [-0.4, -0.2) is 54.1 Å². The summed E-state index contributed by atoms with van der Waals surface area (Å²) in [7, 11) is 1.68. The first kappa shape index (κ1) is 22.4. The Kier molecular flexibility index (Phi) is 6.22. The molecule has 34 heavy (non-hydrogen) atoms. The molecule has 2 aromatic carbocycles. The molecule has 1 saturated carbocycles. The Bertz CT molecular complexity index is 1160. The summed E-state index contributed by atoms with van der Waals surface area (Å²) in [5, 5.41) is 0. The van der Waals surface area contributed by atoms with Crippen LogP contribution in [0.15, 0.2) is 54.6 Å². The van der Waals surface area contributed by atoms with Gasteiger partial charge in [0.15, 0.2) is 0 Å². The Hall–Kier alpha value is -3.41. The Labute approximate surface area is 201 Å². The number of nitrogens with zero attached hydrogens (tertiary/aromatic N) is 4. The first-order valence-corrected chi connectivity index (χ1v) is 12.1. The average molecular weight is 457 g/mol. The lowest BCUT2D eigenvalue weighted by Crippen LogP contribution is -2.50. The SMILES string of the molecule is COc1ccc(Cc2c(C)nc(C)nc2N2CCN(C(=O)C3C[C@H]3c3ccccc3)CC2)cc1. The summed E-state index contributed by atoms with van der Waals surface area (Å²) in [5.41, 5.74) is 4.66. The minimum atomic E-state index is 0.142. The summed E-state index contributed by atoms with van der Waals surface area (Å²) in [6, 6.07) is 18.6. The molecule has 2 heterocycles. The number of rotatable bonds is 6. The third-order valence-corrected chi connectivity index (χ3v) is 7.07. The predicted molar refractivity (Wildman–Crippen MR) is 133 cm³/mol. The molecule has 1 aromatic heterocycles. The van der Waals surface area contributed by atoms with Crippen LogP contribution in [0, 0.1) is 19.8 Å². The molecule has 2 fully saturated rings. The molecule has 0 spiro atoms. The molecule has 6 nitrogen and oxygen atoms in total. The van der Waals surface area contributed by atoms with Crippen molar-refractivity contribution in [3.63, 3.8) is 0 Å². The number of piperazine rings is 1. The van der Waals surface area contributed by atoms with Crippen LogP contribution in [0.1, 0.15) is 40.5 Å². The summed E-state index contributed by atoms with van der Waals surface area (Å²) >= 11 is 0. The molecule has 1 amide bonds. The summed E-state index contributed by atoms with van der Waals surface area (Å²) in [6.07, 6.45) is 1.74. The fraction of sp³-hybridized carbons (Fsp3) is 0.393. The van der Waals surface area contributed by atoms with E-state index in [1.807, 2.05) is 30.0 Å². The van der Waals surface area contributed by atoms with E-state index in [2.05, 4.69) is 53.2 Å². The molecular formula is C28H32N4O2. The van der Waals surface area contributed by atoms with Crippen LogP contribution in [0.25, 0.3) is 0 Å². The molecule has 1 aliphatic carbocycles. The molecule has 5 rings (SSSR count). The lowest BCUT2D eigenvalue weighted by molar-refractivity contribution is -0.133. The fourth-order valence-electron chi connectivity index (χ4n) is 5.04. The lowest BCUT2D eigenvalue weighted by Gasteiger charge is -2.36. The fourth-order valence-corrected chi connectivity index (χ4v) is 5.04. The topological polar surface area (TPSA) is 58.6 Å². The number of hydrogen-bond acceptors (Lipinski definition) is 5. The molecule has 1 saturated heterocycles. The number of aromatic nitrogens is 2.